The zero-order chi connectivity index (χ0) is 18.4. The summed E-state index contributed by atoms with van der Waals surface area (Å²) in [5, 5.41) is 0. The Hall–Kier alpha value is -1.36. The predicted octanol–water partition coefficient (Wildman–Crippen LogP) is 7.12. The molecule has 0 N–H and O–H groups in total. The van der Waals surface area contributed by atoms with E-state index >= 15 is 0 Å². The van der Waals surface area contributed by atoms with Crippen LogP contribution in [0.2, 0.25) is 0 Å². The Balaban J connectivity index is 1.43. The first-order valence-electron chi connectivity index (χ1n) is 10.6. The van der Waals surface area contributed by atoms with Crippen LogP contribution in [0.15, 0.2) is 18.2 Å². The number of unbranched alkanes of at least 4 members (excludes halogenated alkanes) is 1. The summed E-state index contributed by atoms with van der Waals surface area (Å²) >= 11 is 0. The lowest BCUT2D eigenvalue weighted by Crippen LogP contribution is -2.25. The molecule has 2 aliphatic carbocycles. The van der Waals surface area contributed by atoms with E-state index in [4.69, 9.17) is 0 Å². The second kappa shape index (κ2) is 9.54. The highest BCUT2D eigenvalue weighted by Gasteiger charge is 2.30. The molecule has 26 heavy (non-hydrogen) atoms. The molecule has 2 fully saturated rings. The molecule has 0 aliphatic heterocycles. The van der Waals surface area contributed by atoms with Crippen molar-refractivity contribution >= 4 is 0 Å². The van der Waals surface area contributed by atoms with E-state index in [-0.39, 0.29) is 0 Å². The number of hydrogen-bond acceptors (Lipinski definition) is 0. The summed E-state index contributed by atoms with van der Waals surface area (Å²) in [5.41, 5.74) is 0.580. The standard InChI is InChI=1S/C24H32F2/c1-2-3-4-18-7-12-21(13-8-18)22-14-9-19(10-15-22)5-6-20-11-16-23(25)24(26)17-20/h11,16-19,21-22H,2-4,7-10,12-15H2,1H3/t18-,19?,21-,22?. The SMILES string of the molecule is CCCC[C@H]1CC[C@H](C2CCC(C#Cc3ccc(F)c(F)c3)CC2)CC1. The summed E-state index contributed by atoms with van der Waals surface area (Å²) in [5.74, 6) is 7.97. The third-order valence-corrected chi connectivity index (χ3v) is 6.64. The summed E-state index contributed by atoms with van der Waals surface area (Å²) in [6, 6.07) is 3.92. The average Bonchev–Trinajstić information content (AvgIpc) is 2.68. The molecule has 0 unspecified atom stereocenters. The zero-order valence-corrected chi connectivity index (χ0v) is 16.1. The highest BCUT2D eigenvalue weighted by Crippen LogP contribution is 2.42. The predicted molar refractivity (Wildman–Crippen MR) is 104 cm³/mol. The van der Waals surface area contributed by atoms with Gasteiger partial charge in [0.1, 0.15) is 0 Å². The van der Waals surface area contributed by atoms with Gasteiger partial charge in [0, 0.05) is 11.5 Å². The molecular weight excluding hydrogens is 326 g/mol. The molecule has 1 aromatic rings. The largest absolute Gasteiger partial charge is 0.204 e. The third-order valence-electron chi connectivity index (χ3n) is 6.64. The summed E-state index contributed by atoms with van der Waals surface area (Å²) in [7, 11) is 0. The van der Waals surface area contributed by atoms with Gasteiger partial charge in [-0.3, -0.25) is 0 Å². The van der Waals surface area contributed by atoms with Crippen LogP contribution in [-0.4, -0.2) is 0 Å². The molecule has 142 valence electrons. The summed E-state index contributed by atoms with van der Waals surface area (Å²) in [6.07, 6.45) is 14.8. The van der Waals surface area contributed by atoms with E-state index in [0.29, 0.717) is 11.5 Å². The van der Waals surface area contributed by atoms with E-state index in [1.165, 1.54) is 63.9 Å². The second-order valence-electron chi connectivity index (χ2n) is 8.43. The number of benzene rings is 1. The third kappa shape index (κ3) is 5.32. The molecule has 2 aliphatic rings. The number of rotatable bonds is 4. The van der Waals surface area contributed by atoms with Crippen molar-refractivity contribution in [3.05, 3.63) is 35.4 Å². The maximum atomic E-state index is 13.3. The molecule has 0 spiro atoms. The zero-order valence-electron chi connectivity index (χ0n) is 16.1. The molecule has 0 saturated heterocycles. The maximum Gasteiger partial charge on any atom is 0.160 e. The van der Waals surface area contributed by atoms with Crippen molar-refractivity contribution in [3.63, 3.8) is 0 Å². The van der Waals surface area contributed by atoms with Crippen molar-refractivity contribution in [2.24, 2.45) is 23.7 Å². The molecule has 0 bridgehead atoms. The fraction of sp³-hybridized carbons (Fsp3) is 0.667. The molecule has 0 heterocycles. The normalized spacial score (nSPS) is 29.0. The molecule has 0 atom stereocenters. The van der Waals surface area contributed by atoms with Crippen LogP contribution in [0, 0.1) is 47.1 Å². The molecular formula is C24H32F2. The Morgan fingerprint density at radius 2 is 1.54 bits per heavy atom. The van der Waals surface area contributed by atoms with E-state index < -0.39 is 11.6 Å². The van der Waals surface area contributed by atoms with Gasteiger partial charge < -0.3 is 0 Å². The highest BCUT2D eigenvalue weighted by atomic mass is 19.2. The van der Waals surface area contributed by atoms with E-state index in [9.17, 15) is 8.78 Å². The van der Waals surface area contributed by atoms with E-state index in [1.807, 2.05) is 0 Å². The Morgan fingerprint density at radius 3 is 2.15 bits per heavy atom. The Labute approximate surface area is 157 Å². The molecule has 0 aromatic heterocycles. The van der Waals surface area contributed by atoms with Crippen LogP contribution in [0.4, 0.5) is 8.78 Å². The molecule has 0 radical (unpaired) electrons. The van der Waals surface area contributed by atoms with Crippen LogP contribution in [0.3, 0.4) is 0 Å². The van der Waals surface area contributed by atoms with Crippen LogP contribution in [-0.2, 0) is 0 Å². The van der Waals surface area contributed by atoms with E-state index in [2.05, 4.69) is 18.8 Å². The minimum Gasteiger partial charge on any atom is -0.204 e. The monoisotopic (exact) mass is 358 g/mol. The van der Waals surface area contributed by atoms with Crippen LogP contribution >= 0.6 is 0 Å². The van der Waals surface area contributed by atoms with Gasteiger partial charge >= 0.3 is 0 Å². The van der Waals surface area contributed by atoms with Gasteiger partial charge in [-0.05, 0) is 74.5 Å². The summed E-state index contributed by atoms with van der Waals surface area (Å²) in [4.78, 5) is 0. The van der Waals surface area contributed by atoms with Crippen molar-refractivity contribution in [2.45, 2.75) is 77.6 Å². The van der Waals surface area contributed by atoms with Gasteiger partial charge in [-0.2, -0.15) is 0 Å². The molecule has 3 rings (SSSR count). The number of halogens is 2. The van der Waals surface area contributed by atoms with Gasteiger partial charge in [-0.25, -0.2) is 8.78 Å². The van der Waals surface area contributed by atoms with Gasteiger partial charge in [-0.15, -0.1) is 0 Å². The molecule has 2 heteroatoms. The van der Waals surface area contributed by atoms with E-state index in [0.717, 1.165) is 36.7 Å². The fourth-order valence-corrected chi connectivity index (χ4v) is 4.94. The smallest absolute Gasteiger partial charge is 0.160 e. The lowest BCUT2D eigenvalue weighted by molar-refractivity contribution is 0.153. The van der Waals surface area contributed by atoms with Crippen LogP contribution in [0.5, 0.6) is 0 Å². The van der Waals surface area contributed by atoms with Crippen molar-refractivity contribution < 1.29 is 8.78 Å². The molecule has 1 aromatic carbocycles. The van der Waals surface area contributed by atoms with Crippen LogP contribution in [0.25, 0.3) is 0 Å². The van der Waals surface area contributed by atoms with Crippen molar-refractivity contribution in [2.75, 3.05) is 0 Å². The minimum atomic E-state index is -0.810. The Morgan fingerprint density at radius 1 is 0.885 bits per heavy atom. The first-order valence-corrected chi connectivity index (χ1v) is 10.6. The van der Waals surface area contributed by atoms with Gasteiger partial charge in [-0.1, -0.05) is 50.9 Å². The van der Waals surface area contributed by atoms with Gasteiger partial charge in [0.25, 0.3) is 0 Å². The lowest BCUT2D eigenvalue weighted by atomic mass is 9.69. The summed E-state index contributed by atoms with van der Waals surface area (Å²) < 4.78 is 26.2. The van der Waals surface area contributed by atoms with Crippen molar-refractivity contribution in [3.8, 4) is 11.8 Å². The molecule has 0 amide bonds. The number of hydrogen-bond donors (Lipinski definition) is 0. The van der Waals surface area contributed by atoms with Gasteiger partial charge in [0.2, 0.25) is 0 Å². The van der Waals surface area contributed by atoms with Crippen molar-refractivity contribution in [1.82, 2.24) is 0 Å². The minimum absolute atomic E-state index is 0.417. The highest BCUT2D eigenvalue weighted by molar-refractivity contribution is 5.35. The fourth-order valence-electron chi connectivity index (χ4n) is 4.94. The maximum absolute atomic E-state index is 13.3. The second-order valence-corrected chi connectivity index (χ2v) is 8.43. The molecule has 2 saturated carbocycles. The quantitative estimate of drug-likeness (QED) is 0.503. The van der Waals surface area contributed by atoms with Gasteiger partial charge in [0.15, 0.2) is 11.6 Å². The first kappa shape index (κ1) is 19.4. The average molecular weight is 359 g/mol. The Kier molecular flexibility index (Phi) is 7.12. The van der Waals surface area contributed by atoms with E-state index in [1.54, 1.807) is 6.07 Å². The van der Waals surface area contributed by atoms with Crippen LogP contribution in [0.1, 0.15) is 83.1 Å². The topological polar surface area (TPSA) is 0 Å². The van der Waals surface area contributed by atoms with Gasteiger partial charge in [0.05, 0.1) is 0 Å². The first-order chi connectivity index (χ1) is 12.7. The Bertz CT molecular complexity index is 623. The lowest BCUT2D eigenvalue weighted by Gasteiger charge is -2.37. The summed E-state index contributed by atoms with van der Waals surface area (Å²) in [6.45, 7) is 2.29. The molecule has 0 nitrogen and oxygen atoms in total. The van der Waals surface area contributed by atoms with Crippen LogP contribution < -0.4 is 0 Å². The van der Waals surface area contributed by atoms with Crippen molar-refractivity contribution in [1.29, 1.82) is 0 Å².